The first kappa shape index (κ1) is 14.0. The van der Waals surface area contributed by atoms with E-state index >= 15 is 0 Å². The second kappa shape index (κ2) is 6.05. The Bertz CT molecular complexity index is 342. The van der Waals surface area contributed by atoms with Crippen LogP contribution in [0, 0.1) is 0 Å². The summed E-state index contributed by atoms with van der Waals surface area (Å²) in [6.45, 7) is 10.5. The minimum absolute atomic E-state index is 0.00300. The highest BCUT2D eigenvalue weighted by molar-refractivity contribution is 7.10. The van der Waals surface area contributed by atoms with E-state index in [4.69, 9.17) is 0 Å². The average molecular weight is 254 g/mol. The largest absolute Gasteiger partial charge is 0.337 e. The van der Waals surface area contributed by atoms with Crippen LogP contribution in [0.5, 0.6) is 0 Å². The zero-order valence-electron chi connectivity index (χ0n) is 11.1. The number of carbonyl (C=O) groups excluding carboxylic acids is 1. The highest BCUT2D eigenvalue weighted by atomic mass is 32.1. The van der Waals surface area contributed by atoms with E-state index in [-0.39, 0.29) is 11.4 Å². The number of carbonyl (C=O) groups is 1. The molecular formula is C13H22N2OS. The third kappa shape index (κ3) is 3.73. The van der Waals surface area contributed by atoms with Gasteiger partial charge in [-0.15, -0.1) is 11.3 Å². The molecule has 1 aromatic rings. The summed E-state index contributed by atoms with van der Waals surface area (Å²) in [5, 5.41) is 5.08. The fourth-order valence-corrected chi connectivity index (χ4v) is 2.52. The molecule has 17 heavy (non-hydrogen) atoms. The van der Waals surface area contributed by atoms with Gasteiger partial charge in [0, 0.05) is 29.9 Å². The van der Waals surface area contributed by atoms with Crippen LogP contribution in [-0.2, 0) is 5.41 Å². The smallest absolute Gasteiger partial charge is 0.317 e. The molecule has 96 valence electrons. The van der Waals surface area contributed by atoms with Crippen LogP contribution in [-0.4, -0.2) is 30.6 Å². The van der Waals surface area contributed by atoms with Gasteiger partial charge in [0.25, 0.3) is 0 Å². The van der Waals surface area contributed by atoms with Gasteiger partial charge in [0.15, 0.2) is 0 Å². The van der Waals surface area contributed by atoms with Crippen molar-refractivity contribution in [1.29, 1.82) is 0 Å². The average Bonchev–Trinajstić information content (AvgIpc) is 2.82. The third-order valence-electron chi connectivity index (χ3n) is 2.92. The number of amides is 2. The predicted molar refractivity (Wildman–Crippen MR) is 73.7 cm³/mol. The van der Waals surface area contributed by atoms with Gasteiger partial charge in [0.1, 0.15) is 0 Å². The molecule has 0 bridgehead atoms. The van der Waals surface area contributed by atoms with Crippen LogP contribution in [0.2, 0.25) is 0 Å². The Morgan fingerprint density at radius 2 is 2.06 bits per heavy atom. The van der Waals surface area contributed by atoms with Crippen molar-refractivity contribution >= 4 is 17.4 Å². The van der Waals surface area contributed by atoms with Crippen LogP contribution in [0.4, 0.5) is 4.79 Å². The van der Waals surface area contributed by atoms with Gasteiger partial charge in [-0.25, -0.2) is 4.79 Å². The normalized spacial score (nSPS) is 11.3. The van der Waals surface area contributed by atoms with Crippen LogP contribution < -0.4 is 5.32 Å². The van der Waals surface area contributed by atoms with Crippen LogP contribution in [0.25, 0.3) is 0 Å². The molecule has 0 saturated heterocycles. The fraction of sp³-hybridized carbons (Fsp3) is 0.615. The minimum Gasteiger partial charge on any atom is -0.337 e. The van der Waals surface area contributed by atoms with E-state index in [1.54, 1.807) is 16.2 Å². The summed E-state index contributed by atoms with van der Waals surface area (Å²) in [6.07, 6.45) is 0. The Morgan fingerprint density at radius 1 is 1.41 bits per heavy atom. The van der Waals surface area contributed by atoms with Gasteiger partial charge in [0.05, 0.1) is 0 Å². The minimum atomic E-state index is -0.00300. The fourth-order valence-electron chi connectivity index (χ4n) is 1.67. The molecule has 4 heteroatoms. The second-order valence-electron chi connectivity index (χ2n) is 4.69. The number of hydrogen-bond acceptors (Lipinski definition) is 2. The van der Waals surface area contributed by atoms with E-state index in [9.17, 15) is 4.79 Å². The number of urea groups is 1. The zero-order valence-corrected chi connectivity index (χ0v) is 11.9. The molecule has 0 aliphatic carbocycles. The number of nitrogens with zero attached hydrogens (tertiary/aromatic N) is 1. The third-order valence-corrected chi connectivity index (χ3v) is 4.16. The maximum absolute atomic E-state index is 11.8. The second-order valence-corrected chi connectivity index (χ2v) is 5.64. The Morgan fingerprint density at radius 3 is 2.53 bits per heavy atom. The maximum Gasteiger partial charge on any atom is 0.317 e. The van der Waals surface area contributed by atoms with Crippen molar-refractivity contribution in [3.05, 3.63) is 22.4 Å². The summed E-state index contributed by atoms with van der Waals surface area (Å²) in [5.41, 5.74) is -0.00300. The van der Waals surface area contributed by atoms with Gasteiger partial charge < -0.3 is 10.2 Å². The molecular weight excluding hydrogens is 232 g/mol. The highest BCUT2D eigenvalue weighted by Crippen LogP contribution is 2.26. The Kier molecular flexibility index (Phi) is 5.00. The molecule has 0 aliphatic heterocycles. The van der Waals surface area contributed by atoms with Crippen molar-refractivity contribution in [2.75, 3.05) is 19.6 Å². The van der Waals surface area contributed by atoms with Gasteiger partial charge in [-0.2, -0.15) is 0 Å². The molecule has 1 N–H and O–H groups in total. The molecule has 3 nitrogen and oxygen atoms in total. The van der Waals surface area contributed by atoms with E-state index in [2.05, 4.69) is 30.6 Å². The lowest BCUT2D eigenvalue weighted by Crippen LogP contribution is -2.44. The van der Waals surface area contributed by atoms with Crippen LogP contribution >= 0.6 is 11.3 Å². The Balaban J connectivity index is 2.53. The summed E-state index contributed by atoms with van der Waals surface area (Å²) in [7, 11) is 0. The number of rotatable bonds is 5. The first-order chi connectivity index (χ1) is 8.01. The van der Waals surface area contributed by atoms with Crippen LogP contribution in [0.1, 0.15) is 32.6 Å². The van der Waals surface area contributed by atoms with Crippen molar-refractivity contribution in [2.45, 2.75) is 33.1 Å². The molecule has 1 heterocycles. The molecule has 0 aromatic carbocycles. The van der Waals surface area contributed by atoms with Crippen LogP contribution in [0.3, 0.4) is 0 Å². The first-order valence-electron chi connectivity index (χ1n) is 6.08. The van der Waals surface area contributed by atoms with E-state index < -0.39 is 0 Å². The zero-order chi connectivity index (χ0) is 12.9. The summed E-state index contributed by atoms with van der Waals surface area (Å²) >= 11 is 1.74. The molecule has 0 saturated carbocycles. The van der Waals surface area contributed by atoms with Gasteiger partial charge >= 0.3 is 6.03 Å². The molecule has 0 radical (unpaired) electrons. The molecule has 2 amide bonds. The van der Waals surface area contributed by atoms with Gasteiger partial charge in [-0.3, -0.25) is 0 Å². The van der Waals surface area contributed by atoms with Gasteiger partial charge in [-0.05, 0) is 25.3 Å². The van der Waals surface area contributed by atoms with E-state index in [1.807, 2.05) is 19.9 Å². The Hall–Kier alpha value is -1.03. The summed E-state index contributed by atoms with van der Waals surface area (Å²) in [6, 6.07) is 4.20. The van der Waals surface area contributed by atoms with Crippen molar-refractivity contribution in [3.8, 4) is 0 Å². The van der Waals surface area contributed by atoms with Gasteiger partial charge in [0.2, 0.25) is 0 Å². The summed E-state index contributed by atoms with van der Waals surface area (Å²) in [5.74, 6) is 0. The monoisotopic (exact) mass is 254 g/mol. The molecule has 0 fully saturated rings. The lowest BCUT2D eigenvalue weighted by molar-refractivity contribution is 0.201. The molecule has 0 atom stereocenters. The van der Waals surface area contributed by atoms with E-state index in [0.717, 1.165) is 13.1 Å². The summed E-state index contributed by atoms with van der Waals surface area (Å²) < 4.78 is 0. The molecule has 0 aliphatic rings. The van der Waals surface area contributed by atoms with Crippen molar-refractivity contribution in [2.24, 2.45) is 0 Å². The van der Waals surface area contributed by atoms with E-state index in [0.29, 0.717) is 6.54 Å². The topological polar surface area (TPSA) is 32.3 Å². The first-order valence-corrected chi connectivity index (χ1v) is 6.96. The van der Waals surface area contributed by atoms with Crippen molar-refractivity contribution in [1.82, 2.24) is 10.2 Å². The van der Waals surface area contributed by atoms with Crippen LogP contribution in [0.15, 0.2) is 17.5 Å². The molecule has 0 unspecified atom stereocenters. The lowest BCUT2D eigenvalue weighted by atomic mass is 9.91. The molecule has 1 rings (SSSR count). The maximum atomic E-state index is 11.8. The quantitative estimate of drug-likeness (QED) is 0.860. The highest BCUT2D eigenvalue weighted by Gasteiger charge is 2.23. The Labute approximate surface area is 108 Å². The summed E-state index contributed by atoms with van der Waals surface area (Å²) in [4.78, 5) is 14.9. The molecule has 1 aromatic heterocycles. The molecule has 0 spiro atoms. The SMILES string of the molecule is CCN(CC)C(=O)NCC(C)(C)c1cccs1. The number of hydrogen-bond donors (Lipinski definition) is 1. The lowest BCUT2D eigenvalue weighted by Gasteiger charge is -2.26. The number of nitrogens with one attached hydrogen (secondary N) is 1. The van der Waals surface area contributed by atoms with Gasteiger partial charge in [-0.1, -0.05) is 19.9 Å². The number of thiophene rings is 1. The van der Waals surface area contributed by atoms with Crippen molar-refractivity contribution in [3.63, 3.8) is 0 Å². The predicted octanol–water partition coefficient (Wildman–Crippen LogP) is 3.08. The van der Waals surface area contributed by atoms with Crippen molar-refractivity contribution < 1.29 is 4.79 Å². The van der Waals surface area contributed by atoms with E-state index in [1.165, 1.54) is 4.88 Å². The standard InChI is InChI=1S/C13H22N2OS/c1-5-15(6-2)12(16)14-10-13(3,4)11-8-7-9-17-11/h7-9H,5-6,10H2,1-4H3,(H,14,16).